The van der Waals surface area contributed by atoms with Gasteiger partial charge in [-0.3, -0.25) is 9.69 Å². The molecular formula is C25H31N5O. The quantitative estimate of drug-likeness (QED) is 0.668. The second-order valence-electron chi connectivity index (χ2n) is 8.42. The van der Waals surface area contributed by atoms with Gasteiger partial charge in [0.1, 0.15) is 11.9 Å². The largest absolute Gasteiger partial charge is 0.327 e. The molecule has 1 aromatic heterocycles. The van der Waals surface area contributed by atoms with Crippen LogP contribution in [0.4, 0.5) is 5.82 Å². The molecule has 0 unspecified atom stereocenters. The molecule has 0 bridgehead atoms. The van der Waals surface area contributed by atoms with E-state index in [0.717, 1.165) is 42.6 Å². The van der Waals surface area contributed by atoms with Crippen LogP contribution >= 0.6 is 0 Å². The molecule has 6 nitrogen and oxygen atoms in total. The Morgan fingerprint density at radius 3 is 2.42 bits per heavy atom. The Morgan fingerprint density at radius 1 is 1.16 bits per heavy atom. The van der Waals surface area contributed by atoms with Crippen LogP contribution in [-0.2, 0) is 11.3 Å². The van der Waals surface area contributed by atoms with Gasteiger partial charge in [-0.25, -0.2) is 0 Å². The number of benzene rings is 1. The zero-order chi connectivity index (χ0) is 22.4. The number of carbonyl (C=O) groups excluding carboxylic acids is 1. The molecule has 0 aliphatic heterocycles. The number of amides is 1. The van der Waals surface area contributed by atoms with Crippen molar-refractivity contribution < 1.29 is 4.79 Å². The van der Waals surface area contributed by atoms with E-state index >= 15 is 0 Å². The Balaban J connectivity index is 1.77. The van der Waals surface area contributed by atoms with Crippen LogP contribution in [0.1, 0.15) is 73.0 Å². The van der Waals surface area contributed by atoms with E-state index in [1.807, 2.05) is 26.0 Å². The summed E-state index contributed by atoms with van der Waals surface area (Å²) in [5, 5.41) is 21.8. The van der Waals surface area contributed by atoms with Crippen LogP contribution in [0.5, 0.6) is 0 Å². The maximum absolute atomic E-state index is 13.0. The van der Waals surface area contributed by atoms with Crippen molar-refractivity contribution in [1.29, 1.82) is 10.5 Å². The first kappa shape index (κ1) is 22.6. The van der Waals surface area contributed by atoms with Crippen molar-refractivity contribution in [2.75, 3.05) is 18.4 Å². The molecule has 1 aliphatic rings. The van der Waals surface area contributed by atoms with Gasteiger partial charge in [0.25, 0.3) is 0 Å². The van der Waals surface area contributed by atoms with Crippen LogP contribution in [-0.4, -0.2) is 28.5 Å². The van der Waals surface area contributed by atoms with Gasteiger partial charge in [-0.1, -0.05) is 31.9 Å². The van der Waals surface area contributed by atoms with Gasteiger partial charge in [0.15, 0.2) is 0 Å². The van der Waals surface area contributed by atoms with Crippen LogP contribution in [0.2, 0.25) is 0 Å². The van der Waals surface area contributed by atoms with Crippen molar-refractivity contribution in [3.8, 4) is 12.1 Å². The van der Waals surface area contributed by atoms with Crippen LogP contribution in [0.25, 0.3) is 0 Å². The first-order valence-electron chi connectivity index (χ1n) is 11.1. The molecule has 162 valence electrons. The normalized spacial score (nSPS) is 13.9. The number of anilines is 1. The molecule has 0 spiro atoms. The predicted octanol–water partition coefficient (Wildman–Crippen LogP) is 4.81. The van der Waals surface area contributed by atoms with E-state index in [2.05, 4.69) is 33.8 Å². The number of nitrogens with zero attached hydrogens (tertiary/aromatic N) is 4. The zero-order valence-corrected chi connectivity index (χ0v) is 18.7. The van der Waals surface area contributed by atoms with Crippen molar-refractivity contribution in [1.82, 2.24) is 9.47 Å². The van der Waals surface area contributed by atoms with Gasteiger partial charge in [-0.15, -0.1) is 0 Å². The molecule has 0 radical (unpaired) electrons. The monoisotopic (exact) mass is 417 g/mol. The lowest BCUT2D eigenvalue weighted by atomic mass is 10.1. The summed E-state index contributed by atoms with van der Waals surface area (Å²) in [5.41, 5.74) is 4.30. The maximum atomic E-state index is 13.0. The lowest BCUT2D eigenvalue weighted by Gasteiger charge is -2.23. The Morgan fingerprint density at radius 2 is 1.84 bits per heavy atom. The van der Waals surface area contributed by atoms with Crippen molar-refractivity contribution in [3.05, 3.63) is 52.2 Å². The molecule has 1 N–H and O–H groups in total. The zero-order valence-electron chi connectivity index (χ0n) is 18.7. The predicted molar refractivity (Wildman–Crippen MR) is 121 cm³/mol. The molecule has 2 aromatic rings. The standard InChI is InChI=1S/C25H31N5O/c1-4-13-29(16-21-11-9-20(14-26)10-12-21)17-24(31)28-25-23(15-27)18(2)19(3)30(25)22-7-5-6-8-22/h9-12,22H,4-8,13,16-17H2,1-3H3,(H,28,31). The highest BCUT2D eigenvalue weighted by atomic mass is 16.2. The summed E-state index contributed by atoms with van der Waals surface area (Å²) in [5.74, 6) is 0.555. The minimum absolute atomic E-state index is 0.102. The summed E-state index contributed by atoms with van der Waals surface area (Å²) in [6.07, 6.45) is 5.48. The molecule has 1 heterocycles. The maximum Gasteiger partial charge on any atom is 0.239 e. The summed E-state index contributed by atoms with van der Waals surface area (Å²) in [6, 6.07) is 12.3. The third-order valence-corrected chi connectivity index (χ3v) is 6.21. The van der Waals surface area contributed by atoms with E-state index in [1.165, 1.54) is 12.8 Å². The minimum Gasteiger partial charge on any atom is -0.327 e. The smallest absolute Gasteiger partial charge is 0.239 e. The number of aromatic nitrogens is 1. The fourth-order valence-electron chi connectivity index (χ4n) is 4.55. The highest BCUT2D eigenvalue weighted by Crippen LogP contribution is 2.37. The first-order chi connectivity index (χ1) is 15.0. The van der Waals surface area contributed by atoms with Crippen LogP contribution in [0.3, 0.4) is 0 Å². The lowest BCUT2D eigenvalue weighted by Crippen LogP contribution is -2.34. The van der Waals surface area contributed by atoms with E-state index in [0.29, 0.717) is 29.5 Å². The third kappa shape index (κ3) is 5.16. The van der Waals surface area contributed by atoms with Gasteiger partial charge in [0.2, 0.25) is 5.91 Å². The summed E-state index contributed by atoms with van der Waals surface area (Å²) >= 11 is 0. The van der Waals surface area contributed by atoms with Gasteiger partial charge < -0.3 is 9.88 Å². The molecule has 1 saturated carbocycles. The summed E-state index contributed by atoms with van der Waals surface area (Å²) < 4.78 is 2.18. The number of rotatable bonds is 8. The number of nitrogens with one attached hydrogen (secondary N) is 1. The molecule has 6 heteroatoms. The van der Waals surface area contributed by atoms with Crippen LogP contribution in [0, 0.1) is 36.5 Å². The SMILES string of the molecule is CCCN(CC(=O)Nc1c(C#N)c(C)c(C)n1C1CCCC1)Cc1ccc(C#N)cc1. The lowest BCUT2D eigenvalue weighted by molar-refractivity contribution is -0.117. The Bertz CT molecular complexity index is 1000. The average molecular weight is 418 g/mol. The summed E-state index contributed by atoms with van der Waals surface area (Å²) in [6.45, 7) is 7.78. The summed E-state index contributed by atoms with van der Waals surface area (Å²) in [4.78, 5) is 15.1. The van der Waals surface area contributed by atoms with Gasteiger partial charge in [0, 0.05) is 18.3 Å². The van der Waals surface area contributed by atoms with E-state index in [4.69, 9.17) is 5.26 Å². The molecule has 31 heavy (non-hydrogen) atoms. The van der Waals surface area contributed by atoms with Crippen molar-refractivity contribution in [2.24, 2.45) is 0 Å². The number of carbonyl (C=O) groups is 1. The topological polar surface area (TPSA) is 84.8 Å². The van der Waals surface area contributed by atoms with Crippen LogP contribution in [0.15, 0.2) is 24.3 Å². The van der Waals surface area contributed by atoms with Crippen molar-refractivity contribution >= 4 is 11.7 Å². The Labute approximate surface area is 185 Å². The van der Waals surface area contributed by atoms with Crippen molar-refractivity contribution in [2.45, 2.75) is 65.5 Å². The highest BCUT2D eigenvalue weighted by molar-refractivity contribution is 5.93. The van der Waals surface area contributed by atoms with Gasteiger partial charge in [0.05, 0.1) is 23.7 Å². The molecule has 3 rings (SSSR count). The number of hydrogen-bond donors (Lipinski definition) is 1. The Hall–Kier alpha value is -3.09. The molecular weight excluding hydrogens is 386 g/mol. The van der Waals surface area contributed by atoms with E-state index in [9.17, 15) is 10.1 Å². The van der Waals surface area contributed by atoms with Gasteiger partial charge in [-0.2, -0.15) is 10.5 Å². The first-order valence-corrected chi connectivity index (χ1v) is 11.1. The molecule has 1 aliphatic carbocycles. The molecule has 0 atom stereocenters. The highest BCUT2D eigenvalue weighted by Gasteiger charge is 2.27. The minimum atomic E-state index is -0.102. The third-order valence-electron chi connectivity index (χ3n) is 6.21. The fourth-order valence-corrected chi connectivity index (χ4v) is 4.55. The molecule has 0 saturated heterocycles. The fraction of sp³-hybridized carbons (Fsp3) is 0.480. The molecule has 1 amide bonds. The molecule has 1 aromatic carbocycles. The number of nitriles is 2. The van der Waals surface area contributed by atoms with Crippen LogP contribution < -0.4 is 5.32 Å². The van der Waals surface area contributed by atoms with E-state index < -0.39 is 0 Å². The van der Waals surface area contributed by atoms with Gasteiger partial charge >= 0.3 is 0 Å². The van der Waals surface area contributed by atoms with E-state index in [1.54, 1.807) is 12.1 Å². The Kier molecular flexibility index (Phi) is 7.50. The van der Waals surface area contributed by atoms with E-state index in [-0.39, 0.29) is 12.5 Å². The second kappa shape index (κ2) is 10.3. The number of hydrogen-bond acceptors (Lipinski definition) is 4. The van der Waals surface area contributed by atoms with Gasteiger partial charge in [-0.05, 0) is 62.9 Å². The second-order valence-corrected chi connectivity index (χ2v) is 8.42. The summed E-state index contributed by atoms with van der Waals surface area (Å²) in [7, 11) is 0. The molecule has 1 fully saturated rings. The average Bonchev–Trinajstić information content (AvgIpc) is 3.36. The van der Waals surface area contributed by atoms with Crippen molar-refractivity contribution in [3.63, 3.8) is 0 Å².